The SMILES string of the molecule is O=C(CNC1COC1)Nc1ccc(Br)cc1. The molecular weight excluding hydrogens is 272 g/mol. The number of halogens is 1. The first-order valence-electron chi connectivity index (χ1n) is 5.10. The van der Waals surface area contributed by atoms with Gasteiger partial charge in [0.1, 0.15) is 0 Å². The van der Waals surface area contributed by atoms with Gasteiger partial charge in [-0.15, -0.1) is 0 Å². The van der Waals surface area contributed by atoms with E-state index in [1.807, 2.05) is 24.3 Å². The monoisotopic (exact) mass is 284 g/mol. The maximum absolute atomic E-state index is 11.5. The lowest BCUT2D eigenvalue weighted by Crippen LogP contribution is -2.48. The zero-order valence-electron chi connectivity index (χ0n) is 8.70. The van der Waals surface area contributed by atoms with E-state index in [0.29, 0.717) is 25.8 Å². The summed E-state index contributed by atoms with van der Waals surface area (Å²) in [6.07, 6.45) is 0. The van der Waals surface area contributed by atoms with Gasteiger partial charge in [0.25, 0.3) is 0 Å². The van der Waals surface area contributed by atoms with E-state index < -0.39 is 0 Å². The van der Waals surface area contributed by atoms with Crippen LogP contribution in [-0.4, -0.2) is 31.7 Å². The van der Waals surface area contributed by atoms with E-state index in [9.17, 15) is 4.79 Å². The molecule has 1 saturated heterocycles. The van der Waals surface area contributed by atoms with Gasteiger partial charge in [0.15, 0.2) is 0 Å². The fourth-order valence-corrected chi connectivity index (χ4v) is 1.59. The molecule has 86 valence electrons. The Morgan fingerprint density at radius 2 is 2.06 bits per heavy atom. The Labute approximate surface area is 102 Å². The van der Waals surface area contributed by atoms with E-state index in [1.165, 1.54) is 0 Å². The van der Waals surface area contributed by atoms with Crippen molar-refractivity contribution >= 4 is 27.5 Å². The van der Waals surface area contributed by atoms with Gasteiger partial charge in [-0.05, 0) is 24.3 Å². The molecule has 1 aromatic carbocycles. The number of amides is 1. The molecule has 0 aromatic heterocycles. The van der Waals surface area contributed by atoms with Gasteiger partial charge in [-0.2, -0.15) is 0 Å². The molecule has 1 heterocycles. The largest absolute Gasteiger partial charge is 0.378 e. The van der Waals surface area contributed by atoms with Crippen LogP contribution in [0.5, 0.6) is 0 Å². The summed E-state index contributed by atoms with van der Waals surface area (Å²) in [4.78, 5) is 11.5. The second-order valence-electron chi connectivity index (χ2n) is 3.67. The van der Waals surface area contributed by atoms with E-state index in [4.69, 9.17) is 4.74 Å². The molecule has 1 fully saturated rings. The normalized spacial score (nSPS) is 15.6. The van der Waals surface area contributed by atoms with Crippen molar-refractivity contribution in [3.63, 3.8) is 0 Å². The molecular formula is C11H13BrN2O2. The van der Waals surface area contributed by atoms with E-state index in [-0.39, 0.29) is 5.91 Å². The van der Waals surface area contributed by atoms with Gasteiger partial charge in [-0.3, -0.25) is 4.79 Å². The summed E-state index contributed by atoms with van der Waals surface area (Å²) < 4.78 is 5.99. The summed E-state index contributed by atoms with van der Waals surface area (Å²) in [5.41, 5.74) is 0.805. The summed E-state index contributed by atoms with van der Waals surface area (Å²) in [5, 5.41) is 5.91. The van der Waals surface area contributed by atoms with Gasteiger partial charge in [0.05, 0.1) is 25.8 Å². The highest BCUT2D eigenvalue weighted by molar-refractivity contribution is 9.10. The Kier molecular flexibility index (Phi) is 3.93. The predicted molar refractivity (Wildman–Crippen MR) is 65.4 cm³/mol. The summed E-state index contributed by atoms with van der Waals surface area (Å²) >= 11 is 3.34. The standard InChI is InChI=1S/C11H13BrN2O2/c12-8-1-3-9(4-2-8)14-11(15)5-13-10-6-16-7-10/h1-4,10,13H,5-7H2,(H,14,15). The number of nitrogens with one attached hydrogen (secondary N) is 2. The second-order valence-corrected chi connectivity index (χ2v) is 4.59. The van der Waals surface area contributed by atoms with Crippen molar-refractivity contribution in [3.05, 3.63) is 28.7 Å². The lowest BCUT2D eigenvalue weighted by Gasteiger charge is -2.26. The van der Waals surface area contributed by atoms with Crippen LogP contribution >= 0.6 is 15.9 Å². The highest BCUT2D eigenvalue weighted by atomic mass is 79.9. The molecule has 2 rings (SSSR count). The quantitative estimate of drug-likeness (QED) is 0.878. The van der Waals surface area contributed by atoms with Gasteiger partial charge >= 0.3 is 0 Å². The molecule has 1 aliphatic rings. The minimum atomic E-state index is -0.0331. The van der Waals surface area contributed by atoms with Crippen molar-refractivity contribution in [1.29, 1.82) is 0 Å². The first kappa shape index (κ1) is 11.6. The maximum Gasteiger partial charge on any atom is 0.238 e. The summed E-state index contributed by atoms with van der Waals surface area (Å²) in [6.45, 7) is 1.72. The number of carbonyl (C=O) groups is 1. The van der Waals surface area contributed by atoms with Crippen LogP contribution in [0.15, 0.2) is 28.7 Å². The minimum Gasteiger partial charge on any atom is -0.378 e. The number of ether oxygens (including phenoxy) is 1. The van der Waals surface area contributed by atoms with Gasteiger partial charge in [0, 0.05) is 10.2 Å². The van der Waals surface area contributed by atoms with Crippen molar-refractivity contribution in [1.82, 2.24) is 5.32 Å². The highest BCUT2D eigenvalue weighted by Gasteiger charge is 2.18. The number of rotatable bonds is 4. The Morgan fingerprint density at radius 1 is 1.38 bits per heavy atom. The molecule has 1 aromatic rings. The van der Waals surface area contributed by atoms with E-state index in [1.54, 1.807) is 0 Å². The van der Waals surface area contributed by atoms with Crippen LogP contribution < -0.4 is 10.6 Å². The van der Waals surface area contributed by atoms with Gasteiger partial charge < -0.3 is 15.4 Å². The third kappa shape index (κ3) is 3.30. The van der Waals surface area contributed by atoms with Crippen LogP contribution in [0.25, 0.3) is 0 Å². The molecule has 4 nitrogen and oxygen atoms in total. The first-order valence-corrected chi connectivity index (χ1v) is 5.90. The fourth-order valence-electron chi connectivity index (χ4n) is 1.33. The van der Waals surface area contributed by atoms with Crippen molar-refractivity contribution in [3.8, 4) is 0 Å². The van der Waals surface area contributed by atoms with Gasteiger partial charge in [0.2, 0.25) is 5.91 Å². The smallest absolute Gasteiger partial charge is 0.238 e. The molecule has 16 heavy (non-hydrogen) atoms. The molecule has 5 heteroatoms. The van der Waals surface area contributed by atoms with Crippen LogP contribution in [0, 0.1) is 0 Å². The molecule has 0 radical (unpaired) electrons. The topological polar surface area (TPSA) is 50.4 Å². The molecule has 1 aliphatic heterocycles. The van der Waals surface area contributed by atoms with Crippen molar-refractivity contribution in [2.24, 2.45) is 0 Å². The van der Waals surface area contributed by atoms with E-state index in [0.717, 1.165) is 10.2 Å². The number of anilines is 1. The summed E-state index contributed by atoms with van der Waals surface area (Å²) in [7, 11) is 0. The van der Waals surface area contributed by atoms with Crippen LogP contribution in [0.3, 0.4) is 0 Å². The third-order valence-electron chi connectivity index (χ3n) is 2.32. The van der Waals surface area contributed by atoms with Crippen LogP contribution in [0.4, 0.5) is 5.69 Å². The zero-order chi connectivity index (χ0) is 11.4. The molecule has 0 bridgehead atoms. The van der Waals surface area contributed by atoms with Crippen molar-refractivity contribution in [2.75, 3.05) is 25.1 Å². The Balaban J connectivity index is 1.75. The maximum atomic E-state index is 11.5. The number of benzene rings is 1. The van der Waals surface area contributed by atoms with Crippen LogP contribution in [0.2, 0.25) is 0 Å². The Morgan fingerprint density at radius 3 is 2.62 bits per heavy atom. The zero-order valence-corrected chi connectivity index (χ0v) is 10.3. The first-order chi connectivity index (χ1) is 7.74. The summed E-state index contributed by atoms with van der Waals surface area (Å²) in [6, 6.07) is 7.82. The molecule has 1 amide bonds. The van der Waals surface area contributed by atoms with E-state index >= 15 is 0 Å². The average Bonchev–Trinajstić information content (AvgIpc) is 2.19. The summed E-state index contributed by atoms with van der Waals surface area (Å²) in [5.74, 6) is -0.0331. The molecule has 2 N–H and O–H groups in total. The molecule has 0 aliphatic carbocycles. The molecule has 0 atom stereocenters. The molecule has 0 saturated carbocycles. The van der Waals surface area contributed by atoms with Crippen molar-refractivity contribution in [2.45, 2.75) is 6.04 Å². The second kappa shape index (κ2) is 5.43. The van der Waals surface area contributed by atoms with Gasteiger partial charge in [-0.1, -0.05) is 15.9 Å². The average molecular weight is 285 g/mol. The Hall–Kier alpha value is -0.910. The predicted octanol–water partition coefficient (Wildman–Crippen LogP) is 1.38. The third-order valence-corrected chi connectivity index (χ3v) is 2.85. The lowest BCUT2D eigenvalue weighted by molar-refractivity contribution is -0.116. The molecule has 0 spiro atoms. The fraction of sp³-hybridized carbons (Fsp3) is 0.364. The van der Waals surface area contributed by atoms with Crippen LogP contribution in [0.1, 0.15) is 0 Å². The Bertz CT molecular complexity index is 363. The number of hydrogen-bond acceptors (Lipinski definition) is 3. The van der Waals surface area contributed by atoms with Crippen LogP contribution in [-0.2, 0) is 9.53 Å². The van der Waals surface area contributed by atoms with Crippen molar-refractivity contribution < 1.29 is 9.53 Å². The minimum absolute atomic E-state index is 0.0331. The number of carbonyl (C=O) groups excluding carboxylic acids is 1. The lowest BCUT2D eigenvalue weighted by atomic mass is 10.2. The highest BCUT2D eigenvalue weighted by Crippen LogP contribution is 2.13. The number of hydrogen-bond donors (Lipinski definition) is 2. The van der Waals surface area contributed by atoms with Gasteiger partial charge in [-0.25, -0.2) is 0 Å². The van der Waals surface area contributed by atoms with E-state index in [2.05, 4.69) is 26.6 Å². The molecule has 0 unspecified atom stereocenters.